The van der Waals surface area contributed by atoms with E-state index in [1.165, 1.54) is 25.9 Å². The van der Waals surface area contributed by atoms with Gasteiger partial charge in [0.25, 0.3) is 0 Å². The molecule has 0 unspecified atom stereocenters. The standard InChI is InChI=1S/C9H19N3O/c1-11(2)9(13)10-5-8-12-6-3-4-7-12/h3-8H2,1-2H3,(H,10,13). The van der Waals surface area contributed by atoms with Gasteiger partial charge in [-0.3, -0.25) is 0 Å². The average Bonchev–Trinajstić information content (AvgIpc) is 2.56. The second-order valence-corrected chi connectivity index (χ2v) is 3.68. The lowest BCUT2D eigenvalue weighted by atomic mass is 10.4. The fraction of sp³-hybridized carbons (Fsp3) is 0.889. The summed E-state index contributed by atoms with van der Waals surface area (Å²) in [6.45, 7) is 4.13. The zero-order valence-electron chi connectivity index (χ0n) is 8.55. The van der Waals surface area contributed by atoms with Crippen LogP contribution in [0.4, 0.5) is 4.79 Å². The third-order valence-corrected chi connectivity index (χ3v) is 2.31. The third kappa shape index (κ3) is 3.63. The quantitative estimate of drug-likeness (QED) is 0.689. The van der Waals surface area contributed by atoms with E-state index in [2.05, 4.69) is 10.2 Å². The van der Waals surface area contributed by atoms with Crippen LogP contribution < -0.4 is 5.32 Å². The number of nitrogens with one attached hydrogen (secondary N) is 1. The molecule has 0 spiro atoms. The van der Waals surface area contributed by atoms with Crippen LogP contribution in [0.2, 0.25) is 0 Å². The molecular weight excluding hydrogens is 166 g/mol. The summed E-state index contributed by atoms with van der Waals surface area (Å²) in [5, 5.41) is 2.85. The van der Waals surface area contributed by atoms with E-state index in [-0.39, 0.29) is 6.03 Å². The van der Waals surface area contributed by atoms with E-state index in [4.69, 9.17) is 0 Å². The highest BCUT2D eigenvalue weighted by atomic mass is 16.2. The Bertz CT molecular complexity index is 164. The summed E-state index contributed by atoms with van der Waals surface area (Å²) in [7, 11) is 3.51. The maximum Gasteiger partial charge on any atom is 0.316 e. The maximum atomic E-state index is 11.1. The lowest BCUT2D eigenvalue weighted by Crippen LogP contribution is -2.39. The molecule has 4 nitrogen and oxygen atoms in total. The van der Waals surface area contributed by atoms with Crippen molar-refractivity contribution in [3.63, 3.8) is 0 Å². The van der Waals surface area contributed by atoms with Gasteiger partial charge >= 0.3 is 6.03 Å². The van der Waals surface area contributed by atoms with Crippen LogP contribution in [0.15, 0.2) is 0 Å². The summed E-state index contributed by atoms with van der Waals surface area (Å²) in [5.74, 6) is 0. The monoisotopic (exact) mass is 185 g/mol. The van der Waals surface area contributed by atoms with Gasteiger partial charge < -0.3 is 15.1 Å². The maximum absolute atomic E-state index is 11.1. The summed E-state index contributed by atoms with van der Waals surface area (Å²) in [6.07, 6.45) is 2.61. The number of amides is 2. The Balaban J connectivity index is 2.03. The van der Waals surface area contributed by atoms with Crippen LogP contribution in [0.5, 0.6) is 0 Å². The second kappa shape index (κ2) is 5.07. The SMILES string of the molecule is CN(C)C(=O)NCCN1CCCC1. The van der Waals surface area contributed by atoms with E-state index < -0.39 is 0 Å². The highest BCUT2D eigenvalue weighted by Gasteiger charge is 2.11. The van der Waals surface area contributed by atoms with E-state index in [1.54, 1.807) is 19.0 Å². The van der Waals surface area contributed by atoms with Crippen molar-refractivity contribution in [3.8, 4) is 0 Å². The van der Waals surface area contributed by atoms with E-state index >= 15 is 0 Å². The predicted molar refractivity (Wildman–Crippen MR) is 52.8 cm³/mol. The minimum Gasteiger partial charge on any atom is -0.337 e. The van der Waals surface area contributed by atoms with Crippen molar-refractivity contribution in [2.24, 2.45) is 0 Å². The van der Waals surface area contributed by atoms with Crippen LogP contribution in [0.25, 0.3) is 0 Å². The Morgan fingerprint density at radius 2 is 2.00 bits per heavy atom. The molecule has 76 valence electrons. The Kier molecular flexibility index (Phi) is 4.02. The lowest BCUT2D eigenvalue weighted by molar-refractivity contribution is 0.215. The Hall–Kier alpha value is -0.770. The molecule has 0 radical (unpaired) electrons. The number of carbonyl (C=O) groups is 1. The van der Waals surface area contributed by atoms with E-state index in [9.17, 15) is 4.79 Å². The number of carbonyl (C=O) groups excluding carboxylic acids is 1. The van der Waals surface area contributed by atoms with Crippen molar-refractivity contribution in [3.05, 3.63) is 0 Å². The van der Waals surface area contributed by atoms with Crippen LogP contribution in [0, 0.1) is 0 Å². The minimum atomic E-state index is -0.000744. The third-order valence-electron chi connectivity index (χ3n) is 2.31. The summed E-state index contributed by atoms with van der Waals surface area (Å²) < 4.78 is 0. The molecule has 0 bridgehead atoms. The lowest BCUT2D eigenvalue weighted by Gasteiger charge is -2.16. The van der Waals surface area contributed by atoms with Crippen LogP contribution in [0.1, 0.15) is 12.8 Å². The van der Waals surface area contributed by atoms with E-state index in [0.29, 0.717) is 0 Å². The van der Waals surface area contributed by atoms with Crippen molar-refractivity contribution in [2.75, 3.05) is 40.3 Å². The van der Waals surface area contributed by atoms with E-state index in [0.717, 1.165) is 13.1 Å². The van der Waals surface area contributed by atoms with Gasteiger partial charge in [-0.2, -0.15) is 0 Å². The topological polar surface area (TPSA) is 35.6 Å². The summed E-state index contributed by atoms with van der Waals surface area (Å²) in [4.78, 5) is 15.1. The molecule has 0 aromatic heterocycles. The summed E-state index contributed by atoms with van der Waals surface area (Å²) in [6, 6.07) is -0.000744. The number of hydrogen-bond donors (Lipinski definition) is 1. The van der Waals surface area contributed by atoms with Gasteiger partial charge in [0.15, 0.2) is 0 Å². The highest BCUT2D eigenvalue weighted by Crippen LogP contribution is 2.05. The van der Waals surface area contributed by atoms with Gasteiger partial charge in [-0.15, -0.1) is 0 Å². The molecule has 2 amide bonds. The first kappa shape index (κ1) is 10.3. The second-order valence-electron chi connectivity index (χ2n) is 3.68. The summed E-state index contributed by atoms with van der Waals surface area (Å²) in [5.41, 5.74) is 0. The first-order chi connectivity index (χ1) is 6.20. The number of nitrogens with zero attached hydrogens (tertiary/aromatic N) is 2. The largest absolute Gasteiger partial charge is 0.337 e. The van der Waals surface area contributed by atoms with Gasteiger partial charge in [0.2, 0.25) is 0 Å². The highest BCUT2D eigenvalue weighted by molar-refractivity contribution is 5.73. The summed E-state index contributed by atoms with van der Waals surface area (Å²) >= 11 is 0. The van der Waals surface area contributed by atoms with Crippen molar-refractivity contribution in [1.82, 2.24) is 15.1 Å². The smallest absolute Gasteiger partial charge is 0.316 e. The van der Waals surface area contributed by atoms with Gasteiger partial charge in [0, 0.05) is 27.2 Å². The molecule has 13 heavy (non-hydrogen) atoms. The molecular formula is C9H19N3O. The van der Waals surface area contributed by atoms with Crippen molar-refractivity contribution < 1.29 is 4.79 Å². The van der Waals surface area contributed by atoms with Gasteiger partial charge in [0.1, 0.15) is 0 Å². The van der Waals surface area contributed by atoms with E-state index in [1.807, 2.05) is 0 Å². The molecule has 1 aliphatic heterocycles. The van der Waals surface area contributed by atoms with Gasteiger partial charge in [-0.25, -0.2) is 4.79 Å². The molecule has 1 N–H and O–H groups in total. The number of hydrogen-bond acceptors (Lipinski definition) is 2. The molecule has 1 fully saturated rings. The van der Waals surface area contributed by atoms with Gasteiger partial charge in [-0.05, 0) is 25.9 Å². The van der Waals surface area contributed by atoms with Gasteiger partial charge in [-0.1, -0.05) is 0 Å². The molecule has 0 atom stereocenters. The molecule has 1 saturated heterocycles. The molecule has 0 aliphatic carbocycles. The van der Waals surface area contributed by atoms with Crippen LogP contribution in [0.3, 0.4) is 0 Å². The normalized spacial score (nSPS) is 17.4. The zero-order valence-corrected chi connectivity index (χ0v) is 8.55. The first-order valence-electron chi connectivity index (χ1n) is 4.87. The Morgan fingerprint density at radius 1 is 1.38 bits per heavy atom. The molecule has 0 aromatic rings. The Morgan fingerprint density at radius 3 is 2.54 bits per heavy atom. The molecule has 4 heteroatoms. The molecule has 0 aromatic carbocycles. The van der Waals surface area contributed by atoms with Crippen LogP contribution in [-0.2, 0) is 0 Å². The predicted octanol–water partition coefficient (Wildman–Crippen LogP) is 0.353. The van der Waals surface area contributed by atoms with Crippen LogP contribution in [-0.4, -0.2) is 56.1 Å². The fourth-order valence-corrected chi connectivity index (χ4v) is 1.49. The molecule has 1 rings (SSSR count). The van der Waals surface area contributed by atoms with Crippen molar-refractivity contribution in [2.45, 2.75) is 12.8 Å². The molecule has 0 saturated carbocycles. The zero-order chi connectivity index (χ0) is 9.68. The molecule has 1 aliphatic rings. The molecule has 1 heterocycles. The first-order valence-corrected chi connectivity index (χ1v) is 4.87. The fourth-order valence-electron chi connectivity index (χ4n) is 1.49. The minimum absolute atomic E-state index is 0.000744. The van der Waals surface area contributed by atoms with Gasteiger partial charge in [0.05, 0.1) is 0 Å². The van der Waals surface area contributed by atoms with Crippen LogP contribution >= 0.6 is 0 Å². The van der Waals surface area contributed by atoms with Crippen molar-refractivity contribution in [1.29, 1.82) is 0 Å². The van der Waals surface area contributed by atoms with Crippen molar-refractivity contribution >= 4 is 6.03 Å². The number of urea groups is 1. The number of rotatable bonds is 3. The average molecular weight is 185 g/mol. The number of likely N-dealkylation sites (tertiary alicyclic amines) is 1. The Labute approximate surface area is 79.9 Å².